The highest BCUT2D eigenvalue weighted by Crippen LogP contribution is 2.17. The molecule has 1 aliphatic rings. The number of hydrogen-bond donors (Lipinski definition) is 3. The lowest BCUT2D eigenvalue weighted by Gasteiger charge is -2.34. The number of carboxylic acids is 1. The summed E-state index contributed by atoms with van der Waals surface area (Å²) < 4.78 is 10.8. The fraction of sp³-hybridized carbons (Fsp3) is 0.522. The molecule has 2 rings (SSSR count). The van der Waals surface area contributed by atoms with Crippen molar-refractivity contribution >= 4 is 24.2 Å². The molecule has 3 N–H and O–H groups in total. The summed E-state index contributed by atoms with van der Waals surface area (Å²) in [6, 6.07) is 7.19. The highest BCUT2D eigenvalue weighted by molar-refractivity contribution is 5.97. The van der Waals surface area contributed by atoms with Crippen LogP contribution in [-0.4, -0.2) is 78.9 Å². The van der Waals surface area contributed by atoms with Crippen molar-refractivity contribution in [1.82, 2.24) is 15.5 Å². The Balaban J connectivity index is 2.06. The predicted octanol–water partition coefficient (Wildman–Crippen LogP) is 0.638. The molecule has 0 spiro atoms. The van der Waals surface area contributed by atoms with Gasteiger partial charge < -0.3 is 30.1 Å². The van der Waals surface area contributed by atoms with E-state index in [1.807, 2.05) is 6.07 Å². The van der Waals surface area contributed by atoms with Crippen LogP contribution >= 0.6 is 0 Å². The summed E-state index contributed by atoms with van der Waals surface area (Å²) in [6.07, 6.45) is 1.18. The van der Waals surface area contributed by atoms with E-state index >= 15 is 0 Å². The fourth-order valence-corrected chi connectivity index (χ4v) is 3.66. The average molecular weight is 475 g/mol. The number of likely N-dealkylation sites (tertiary alicyclic amines) is 1. The van der Waals surface area contributed by atoms with Crippen LogP contribution in [0.3, 0.4) is 0 Å². The Morgan fingerprint density at radius 1 is 1.24 bits per heavy atom. The molecule has 1 aromatic rings. The molecule has 0 saturated carbocycles. The van der Waals surface area contributed by atoms with Gasteiger partial charge in [-0.25, -0.2) is 4.79 Å². The van der Waals surface area contributed by atoms with E-state index < -0.39 is 24.1 Å². The third-order valence-corrected chi connectivity index (χ3v) is 5.42. The van der Waals surface area contributed by atoms with Crippen molar-refractivity contribution in [3.05, 3.63) is 35.4 Å². The van der Waals surface area contributed by atoms with Crippen LogP contribution in [0.15, 0.2) is 24.3 Å². The molecule has 34 heavy (non-hydrogen) atoms. The molecule has 11 heteroatoms. The Morgan fingerprint density at radius 2 is 1.91 bits per heavy atom. The van der Waals surface area contributed by atoms with E-state index in [0.29, 0.717) is 56.5 Å². The standard InChI is InChI=1S/C23H30N4O7/c1-2-33-20(25-15-28)8-7-19(26-22(31)17-5-3-16(13-24)4-6-17)23(32)27-11-9-18(10-12-27)34-14-21(29)30/h3-6,15,18-20H,2,7-12,14H2,1H3,(H,25,28)(H,26,31)(H,29,30). The van der Waals surface area contributed by atoms with Gasteiger partial charge in [-0.15, -0.1) is 0 Å². The zero-order chi connectivity index (χ0) is 24.9. The van der Waals surface area contributed by atoms with Crippen LogP contribution in [0.4, 0.5) is 0 Å². The first-order chi connectivity index (χ1) is 16.4. The normalized spacial score (nSPS) is 15.6. The Kier molecular flexibility index (Phi) is 11.0. The van der Waals surface area contributed by atoms with Gasteiger partial charge in [-0.1, -0.05) is 0 Å². The Bertz CT molecular complexity index is 876. The highest BCUT2D eigenvalue weighted by Gasteiger charge is 2.30. The first-order valence-corrected chi connectivity index (χ1v) is 11.1. The van der Waals surface area contributed by atoms with Crippen molar-refractivity contribution in [3.63, 3.8) is 0 Å². The molecule has 0 bridgehead atoms. The van der Waals surface area contributed by atoms with Crippen LogP contribution in [0.2, 0.25) is 0 Å². The zero-order valence-corrected chi connectivity index (χ0v) is 19.1. The van der Waals surface area contributed by atoms with Gasteiger partial charge in [0.15, 0.2) is 0 Å². The van der Waals surface area contributed by atoms with Crippen molar-refractivity contribution in [2.75, 3.05) is 26.3 Å². The molecule has 1 aliphatic heterocycles. The maximum absolute atomic E-state index is 13.3. The lowest BCUT2D eigenvalue weighted by Crippen LogP contribution is -2.52. The molecule has 0 radical (unpaired) electrons. The maximum atomic E-state index is 13.3. The van der Waals surface area contributed by atoms with Crippen molar-refractivity contribution in [2.45, 2.75) is 51.0 Å². The summed E-state index contributed by atoms with van der Waals surface area (Å²) in [5, 5.41) is 23.0. The second-order valence-corrected chi connectivity index (χ2v) is 7.75. The Labute approximate surface area is 198 Å². The minimum absolute atomic E-state index is 0.224. The monoisotopic (exact) mass is 474 g/mol. The largest absolute Gasteiger partial charge is 0.480 e. The van der Waals surface area contributed by atoms with Gasteiger partial charge >= 0.3 is 5.97 Å². The molecule has 1 heterocycles. The van der Waals surface area contributed by atoms with Gasteiger partial charge in [0.2, 0.25) is 12.3 Å². The van der Waals surface area contributed by atoms with Crippen molar-refractivity contribution in [3.8, 4) is 6.07 Å². The maximum Gasteiger partial charge on any atom is 0.329 e. The van der Waals surface area contributed by atoms with E-state index in [4.69, 9.17) is 19.8 Å². The number of aliphatic carboxylic acids is 1. The van der Waals surface area contributed by atoms with E-state index in [9.17, 15) is 19.2 Å². The van der Waals surface area contributed by atoms with E-state index in [0.717, 1.165) is 0 Å². The summed E-state index contributed by atoms with van der Waals surface area (Å²) in [5.74, 6) is -1.78. The number of nitriles is 1. The molecular weight excluding hydrogens is 444 g/mol. The zero-order valence-electron chi connectivity index (χ0n) is 19.1. The van der Waals surface area contributed by atoms with E-state index in [1.54, 1.807) is 11.8 Å². The van der Waals surface area contributed by atoms with Crippen LogP contribution in [0, 0.1) is 11.3 Å². The SMILES string of the molecule is CCOC(CCC(NC(=O)c1ccc(C#N)cc1)C(=O)N1CCC(OCC(=O)O)CC1)NC=O. The van der Waals surface area contributed by atoms with Gasteiger partial charge in [0, 0.05) is 25.3 Å². The Hall–Kier alpha value is -3.49. The van der Waals surface area contributed by atoms with Gasteiger partial charge in [-0.05, 0) is 56.9 Å². The lowest BCUT2D eigenvalue weighted by atomic mass is 10.0. The van der Waals surface area contributed by atoms with E-state index in [1.165, 1.54) is 24.3 Å². The van der Waals surface area contributed by atoms with Gasteiger partial charge in [0.1, 0.15) is 18.9 Å². The van der Waals surface area contributed by atoms with E-state index in [2.05, 4.69) is 10.6 Å². The number of carboxylic acid groups (broad SMARTS) is 1. The van der Waals surface area contributed by atoms with Crippen molar-refractivity contribution in [2.24, 2.45) is 0 Å². The highest BCUT2D eigenvalue weighted by atomic mass is 16.5. The van der Waals surface area contributed by atoms with Gasteiger partial charge in [-0.2, -0.15) is 5.26 Å². The molecule has 2 atom stereocenters. The first kappa shape index (κ1) is 26.8. The van der Waals surface area contributed by atoms with Crippen LogP contribution in [0.5, 0.6) is 0 Å². The molecule has 2 unspecified atom stereocenters. The lowest BCUT2D eigenvalue weighted by molar-refractivity contribution is -0.147. The molecule has 0 aliphatic carbocycles. The van der Waals surface area contributed by atoms with Crippen LogP contribution in [0.1, 0.15) is 48.5 Å². The predicted molar refractivity (Wildman–Crippen MR) is 119 cm³/mol. The average Bonchev–Trinajstić information content (AvgIpc) is 2.85. The summed E-state index contributed by atoms with van der Waals surface area (Å²) >= 11 is 0. The number of carbonyl (C=O) groups is 4. The molecule has 1 saturated heterocycles. The summed E-state index contributed by atoms with van der Waals surface area (Å²) in [4.78, 5) is 49.2. The molecule has 184 valence electrons. The molecule has 0 aromatic heterocycles. The number of nitrogens with one attached hydrogen (secondary N) is 2. The van der Waals surface area contributed by atoms with Crippen LogP contribution in [0.25, 0.3) is 0 Å². The number of piperidine rings is 1. The fourth-order valence-electron chi connectivity index (χ4n) is 3.66. The van der Waals surface area contributed by atoms with Crippen molar-refractivity contribution < 1.29 is 33.8 Å². The Morgan fingerprint density at radius 3 is 2.47 bits per heavy atom. The van der Waals surface area contributed by atoms with Crippen LogP contribution < -0.4 is 10.6 Å². The number of hydrogen-bond acceptors (Lipinski definition) is 7. The van der Waals surface area contributed by atoms with E-state index in [-0.39, 0.29) is 25.0 Å². The quantitative estimate of drug-likeness (QED) is 0.277. The number of amides is 3. The second kappa shape index (κ2) is 13.9. The minimum Gasteiger partial charge on any atom is -0.480 e. The minimum atomic E-state index is -1.04. The van der Waals surface area contributed by atoms with Gasteiger partial charge in [0.05, 0.1) is 17.7 Å². The number of rotatable bonds is 13. The third kappa shape index (κ3) is 8.46. The molecule has 1 fully saturated rings. The molecule has 3 amide bonds. The van der Waals surface area contributed by atoms with Crippen LogP contribution in [-0.2, 0) is 23.9 Å². The van der Waals surface area contributed by atoms with Crippen molar-refractivity contribution in [1.29, 1.82) is 5.26 Å². The number of carbonyl (C=O) groups excluding carboxylic acids is 3. The number of nitrogens with zero attached hydrogens (tertiary/aromatic N) is 2. The summed E-state index contributed by atoms with van der Waals surface area (Å²) in [6.45, 7) is 2.50. The van der Waals surface area contributed by atoms with Gasteiger partial charge in [0.25, 0.3) is 5.91 Å². The third-order valence-electron chi connectivity index (χ3n) is 5.42. The summed E-state index contributed by atoms with van der Waals surface area (Å²) in [5.41, 5.74) is 0.724. The second-order valence-electron chi connectivity index (χ2n) is 7.75. The smallest absolute Gasteiger partial charge is 0.329 e. The number of benzene rings is 1. The first-order valence-electron chi connectivity index (χ1n) is 11.1. The number of ether oxygens (including phenoxy) is 2. The summed E-state index contributed by atoms with van der Waals surface area (Å²) in [7, 11) is 0. The van der Waals surface area contributed by atoms with Gasteiger partial charge in [-0.3, -0.25) is 14.4 Å². The molecule has 11 nitrogen and oxygen atoms in total. The molecule has 1 aromatic carbocycles. The molecular formula is C23H30N4O7. The topological polar surface area (TPSA) is 158 Å².